The first-order valence-electron chi connectivity index (χ1n) is 5.51. The monoisotopic (exact) mass is 378 g/mol. The zero-order valence-electron chi connectivity index (χ0n) is 11.0. The Morgan fingerprint density at radius 2 is 2.24 bits per heavy atom. The smallest absolute Gasteiger partial charge is 0.327 e. The summed E-state index contributed by atoms with van der Waals surface area (Å²) in [6, 6.07) is 0. The van der Waals surface area contributed by atoms with Crippen LogP contribution in [-0.4, -0.2) is 46.3 Å². The molecule has 0 aliphatic heterocycles. The van der Waals surface area contributed by atoms with Gasteiger partial charge in [-0.25, -0.2) is 4.68 Å². The number of aryl methyl sites for hydroxylation is 1. The molecule has 2 heterocycles. The van der Waals surface area contributed by atoms with Crippen LogP contribution in [0, 0.1) is 0 Å². The fraction of sp³-hybridized carbons (Fsp3) is 0.333. The van der Waals surface area contributed by atoms with Gasteiger partial charge in [-0.2, -0.15) is 13.5 Å². The molecule has 10 nitrogen and oxygen atoms in total. The summed E-state index contributed by atoms with van der Waals surface area (Å²) in [6.07, 6.45) is 2.64. The van der Waals surface area contributed by atoms with Crippen molar-refractivity contribution in [2.24, 2.45) is 7.05 Å². The molecule has 0 saturated carbocycles. The van der Waals surface area contributed by atoms with Gasteiger partial charge in [-0.1, -0.05) is 5.21 Å². The molecule has 0 unspecified atom stereocenters. The largest absolute Gasteiger partial charge is 0.468 e. The highest BCUT2D eigenvalue weighted by Gasteiger charge is 2.24. The quantitative estimate of drug-likeness (QED) is 0.711. The van der Waals surface area contributed by atoms with Crippen molar-refractivity contribution < 1.29 is 17.9 Å². The number of carbonyl (C=O) groups is 1. The van der Waals surface area contributed by atoms with Crippen LogP contribution in [-0.2, 0) is 33.1 Å². The highest BCUT2D eigenvalue weighted by atomic mass is 79.9. The Kier molecular flexibility index (Phi) is 4.27. The minimum absolute atomic E-state index is 0.0967. The molecule has 2 aromatic heterocycles. The molecule has 12 heteroatoms. The average Bonchev–Trinajstić information content (AvgIpc) is 2.96. The van der Waals surface area contributed by atoms with E-state index in [1.807, 2.05) is 0 Å². The van der Waals surface area contributed by atoms with Gasteiger partial charge >= 0.3 is 5.97 Å². The number of sulfonamides is 1. The van der Waals surface area contributed by atoms with Gasteiger partial charge in [0.1, 0.15) is 6.54 Å². The average molecular weight is 379 g/mol. The van der Waals surface area contributed by atoms with E-state index in [1.54, 1.807) is 0 Å². The molecular weight excluding hydrogens is 368 g/mol. The summed E-state index contributed by atoms with van der Waals surface area (Å²) in [4.78, 5) is 11.1. The van der Waals surface area contributed by atoms with E-state index in [0.717, 1.165) is 4.68 Å². The second-order valence-electron chi connectivity index (χ2n) is 3.92. The van der Waals surface area contributed by atoms with Crippen molar-refractivity contribution in [2.75, 3.05) is 11.8 Å². The summed E-state index contributed by atoms with van der Waals surface area (Å²) in [6.45, 7) is -0.116. The van der Waals surface area contributed by atoms with Crippen LogP contribution in [0.25, 0.3) is 0 Å². The van der Waals surface area contributed by atoms with Crippen molar-refractivity contribution in [2.45, 2.75) is 11.6 Å². The van der Waals surface area contributed by atoms with Gasteiger partial charge in [0.05, 0.1) is 19.0 Å². The molecule has 0 bridgehead atoms. The Morgan fingerprint density at radius 1 is 1.52 bits per heavy atom. The van der Waals surface area contributed by atoms with Crippen LogP contribution in [0.1, 0.15) is 0 Å². The van der Waals surface area contributed by atoms with Crippen molar-refractivity contribution in [1.29, 1.82) is 0 Å². The first kappa shape index (κ1) is 15.4. The van der Waals surface area contributed by atoms with Crippen LogP contribution in [0.2, 0.25) is 0 Å². The number of esters is 1. The molecule has 2 aromatic rings. The van der Waals surface area contributed by atoms with Crippen LogP contribution in [0.4, 0.5) is 5.69 Å². The molecule has 0 radical (unpaired) electrons. The molecule has 21 heavy (non-hydrogen) atoms. The maximum Gasteiger partial charge on any atom is 0.327 e. The number of anilines is 1. The summed E-state index contributed by atoms with van der Waals surface area (Å²) in [7, 11) is -1.18. The third-order valence-electron chi connectivity index (χ3n) is 2.40. The van der Waals surface area contributed by atoms with Crippen LogP contribution in [0.15, 0.2) is 22.0 Å². The number of carbonyl (C=O) groups excluding carboxylic acids is 1. The van der Waals surface area contributed by atoms with E-state index in [2.05, 4.69) is 40.8 Å². The fourth-order valence-corrected chi connectivity index (χ4v) is 3.64. The Balaban J connectivity index is 2.20. The molecule has 0 saturated heterocycles. The molecule has 2 rings (SSSR count). The first-order chi connectivity index (χ1) is 9.83. The second-order valence-corrected chi connectivity index (χ2v) is 6.27. The standard InChI is InChI=1S/C9H11BrN6O4S/c1-15-9(8(10)12-14-15)21(18,19)13-6-3-11-16(4-6)5-7(17)20-2/h3-4,13H,5H2,1-2H3. The molecule has 1 N–H and O–H groups in total. The van der Waals surface area contributed by atoms with Gasteiger partial charge in [-0.05, 0) is 15.9 Å². The Labute approximate surface area is 128 Å². The Hall–Kier alpha value is -1.95. The van der Waals surface area contributed by atoms with Crippen LogP contribution in [0.3, 0.4) is 0 Å². The zero-order chi connectivity index (χ0) is 15.6. The maximum absolute atomic E-state index is 12.2. The van der Waals surface area contributed by atoms with E-state index < -0.39 is 16.0 Å². The molecule has 0 fully saturated rings. The van der Waals surface area contributed by atoms with E-state index in [1.165, 1.54) is 31.2 Å². The lowest BCUT2D eigenvalue weighted by molar-refractivity contribution is -0.141. The van der Waals surface area contributed by atoms with E-state index >= 15 is 0 Å². The summed E-state index contributed by atoms with van der Waals surface area (Å²) in [5.74, 6) is -0.494. The number of hydrogen-bond donors (Lipinski definition) is 1. The normalized spacial score (nSPS) is 11.4. The Bertz CT molecular complexity index is 748. The fourth-order valence-electron chi connectivity index (χ4n) is 1.51. The van der Waals surface area contributed by atoms with Crippen LogP contribution >= 0.6 is 15.9 Å². The number of methoxy groups -OCH3 is 1. The highest BCUT2D eigenvalue weighted by molar-refractivity contribution is 9.10. The van der Waals surface area contributed by atoms with Gasteiger partial charge in [0.15, 0.2) is 4.60 Å². The van der Waals surface area contributed by atoms with E-state index in [4.69, 9.17) is 0 Å². The second kappa shape index (κ2) is 5.81. The summed E-state index contributed by atoms with van der Waals surface area (Å²) in [5, 5.41) is 10.9. The van der Waals surface area contributed by atoms with Gasteiger partial charge in [0, 0.05) is 13.2 Å². The predicted molar refractivity (Wildman–Crippen MR) is 73.8 cm³/mol. The molecule has 0 aliphatic rings. The number of hydrogen-bond acceptors (Lipinski definition) is 7. The van der Waals surface area contributed by atoms with Crippen molar-refractivity contribution in [1.82, 2.24) is 24.8 Å². The molecule has 0 aliphatic carbocycles. The van der Waals surface area contributed by atoms with Crippen molar-refractivity contribution >= 4 is 37.6 Å². The minimum atomic E-state index is -3.88. The molecule has 0 aromatic carbocycles. The SMILES string of the molecule is COC(=O)Cn1cc(NS(=O)(=O)c2c(Br)nnn2C)cn1. The molecule has 0 amide bonds. The number of nitrogens with zero attached hydrogens (tertiary/aromatic N) is 5. The summed E-state index contributed by atoms with van der Waals surface area (Å²) >= 11 is 3.02. The third-order valence-corrected chi connectivity index (χ3v) is 4.66. The lowest BCUT2D eigenvalue weighted by Crippen LogP contribution is -2.17. The van der Waals surface area contributed by atoms with Gasteiger partial charge in [0.25, 0.3) is 10.0 Å². The van der Waals surface area contributed by atoms with Crippen LogP contribution in [0.5, 0.6) is 0 Å². The molecule has 114 valence electrons. The third kappa shape index (κ3) is 3.39. The van der Waals surface area contributed by atoms with Gasteiger partial charge in [0.2, 0.25) is 5.03 Å². The molecular formula is C9H11BrN6O4S. The van der Waals surface area contributed by atoms with Crippen LogP contribution < -0.4 is 4.72 Å². The Morgan fingerprint density at radius 3 is 2.81 bits per heavy atom. The van der Waals surface area contributed by atoms with E-state index in [0.29, 0.717) is 0 Å². The van der Waals surface area contributed by atoms with Gasteiger partial charge < -0.3 is 4.74 Å². The summed E-state index contributed by atoms with van der Waals surface area (Å²) in [5.41, 5.74) is 0.201. The van der Waals surface area contributed by atoms with Crippen molar-refractivity contribution in [3.8, 4) is 0 Å². The maximum atomic E-state index is 12.2. The number of rotatable bonds is 5. The molecule has 0 spiro atoms. The molecule has 0 atom stereocenters. The number of nitrogens with one attached hydrogen (secondary N) is 1. The lowest BCUT2D eigenvalue weighted by Gasteiger charge is -2.05. The number of ether oxygens (including phenoxy) is 1. The minimum Gasteiger partial charge on any atom is -0.468 e. The van der Waals surface area contributed by atoms with Gasteiger partial charge in [-0.3, -0.25) is 14.2 Å². The van der Waals surface area contributed by atoms with Crippen molar-refractivity contribution in [3.63, 3.8) is 0 Å². The van der Waals surface area contributed by atoms with E-state index in [-0.39, 0.29) is 21.9 Å². The number of halogens is 1. The predicted octanol–water partition coefficient (Wildman–Crippen LogP) is -0.252. The number of aromatic nitrogens is 5. The first-order valence-corrected chi connectivity index (χ1v) is 7.78. The topological polar surface area (TPSA) is 121 Å². The van der Waals surface area contributed by atoms with Gasteiger partial charge in [-0.15, -0.1) is 5.10 Å². The summed E-state index contributed by atoms with van der Waals surface area (Å²) < 4.78 is 33.7. The van der Waals surface area contributed by atoms with Crippen molar-refractivity contribution in [3.05, 3.63) is 17.0 Å². The lowest BCUT2D eigenvalue weighted by atomic mass is 10.6. The van der Waals surface area contributed by atoms with E-state index in [9.17, 15) is 13.2 Å². The zero-order valence-corrected chi connectivity index (χ0v) is 13.4. The highest BCUT2D eigenvalue weighted by Crippen LogP contribution is 2.20.